The molecule has 3 aliphatic carbocycles. The summed E-state index contributed by atoms with van der Waals surface area (Å²) >= 11 is 0. The highest BCUT2D eigenvalue weighted by Gasteiger charge is 2.50. The molecule has 0 bridgehead atoms. The maximum absolute atomic E-state index is 11.0. The third-order valence-electron chi connectivity index (χ3n) is 10.1. The molecule has 0 spiro atoms. The predicted molar refractivity (Wildman–Crippen MR) is 139 cm³/mol. The van der Waals surface area contributed by atoms with Gasteiger partial charge in [0.2, 0.25) is 0 Å². The lowest BCUT2D eigenvalue weighted by Crippen LogP contribution is -2.44. The van der Waals surface area contributed by atoms with Crippen LogP contribution in [0.2, 0.25) is 0 Å². The first-order valence-electron chi connectivity index (χ1n) is 13.6. The first-order valence-corrected chi connectivity index (χ1v) is 13.6. The van der Waals surface area contributed by atoms with Crippen molar-refractivity contribution < 1.29 is 10.2 Å². The molecule has 4 atom stereocenters. The van der Waals surface area contributed by atoms with Gasteiger partial charge in [0.05, 0.1) is 5.60 Å². The second kappa shape index (κ2) is 8.74. The van der Waals surface area contributed by atoms with Crippen molar-refractivity contribution in [1.29, 1.82) is 0 Å². The minimum atomic E-state index is -0.534. The zero-order valence-corrected chi connectivity index (χ0v) is 22.3. The number of phenolic OH excluding ortho intramolecular Hbond substituents is 1. The second-order valence-electron chi connectivity index (χ2n) is 13.3. The van der Waals surface area contributed by atoms with Crippen LogP contribution in [0.4, 0.5) is 0 Å². The Morgan fingerprint density at radius 1 is 1.00 bits per heavy atom. The Kier molecular flexibility index (Phi) is 6.58. The highest BCUT2D eigenvalue weighted by Crippen LogP contribution is 2.59. The minimum absolute atomic E-state index is 0.137. The second-order valence-corrected chi connectivity index (χ2v) is 13.3. The van der Waals surface area contributed by atoms with E-state index in [2.05, 4.69) is 66.7 Å². The number of hydrogen-bond acceptors (Lipinski definition) is 2. The summed E-state index contributed by atoms with van der Waals surface area (Å²) in [7, 11) is 0. The fourth-order valence-electron chi connectivity index (χ4n) is 7.74. The van der Waals surface area contributed by atoms with Gasteiger partial charge in [0.15, 0.2) is 0 Å². The molecule has 4 rings (SSSR count). The molecule has 0 radical (unpaired) electrons. The van der Waals surface area contributed by atoms with Gasteiger partial charge in [-0.25, -0.2) is 0 Å². The van der Waals surface area contributed by atoms with E-state index in [0.29, 0.717) is 34.8 Å². The van der Waals surface area contributed by atoms with Crippen LogP contribution in [0.5, 0.6) is 5.75 Å². The van der Waals surface area contributed by atoms with E-state index < -0.39 is 5.60 Å². The van der Waals surface area contributed by atoms with E-state index in [1.54, 1.807) is 0 Å². The molecule has 0 heterocycles. The largest absolute Gasteiger partial charge is 0.508 e. The number of aromatic hydroxyl groups is 1. The number of allylic oxidation sites excluding steroid dienone is 1. The lowest BCUT2D eigenvalue weighted by atomic mass is 9.53. The summed E-state index contributed by atoms with van der Waals surface area (Å²) in [5, 5.41) is 22.0. The van der Waals surface area contributed by atoms with Gasteiger partial charge in [-0.05, 0) is 109 Å². The molecule has 1 aromatic carbocycles. The van der Waals surface area contributed by atoms with E-state index in [-0.39, 0.29) is 5.41 Å². The molecule has 2 nitrogen and oxygen atoms in total. The van der Waals surface area contributed by atoms with Crippen LogP contribution in [-0.4, -0.2) is 15.8 Å². The van der Waals surface area contributed by atoms with E-state index >= 15 is 0 Å². The van der Waals surface area contributed by atoms with Crippen LogP contribution in [0.3, 0.4) is 0 Å². The van der Waals surface area contributed by atoms with Gasteiger partial charge in [-0.15, -0.1) is 0 Å². The lowest BCUT2D eigenvalue weighted by molar-refractivity contribution is -0.0145. The van der Waals surface area contributed by atoms with E-state index in [4.69, 9.17) is 0 Å². The predicted octanol–water partition coefficient (Wildman–Crippen LogP) is 8.36. The molecule has 1 aromatic rings. The minimum Gasteiger partial charge on any atom is -0.508 e. The van der Waals surface area contributed by atoms with Crippen LogP contribution in [0.1, 0.15) is 135 Å². The molecule has 2 N–H and O–H groups in total. The fraction of sp³-hybridized carbons (Fsp3) is 0.742. The summed E-state index contributed by atoms with van der Waals surface area (Å²) in [6.45, 7) is 16.1. The van der Waals surface area contributed by atoms with Crippen molar-refractivity contribution in [2.75, 3.05) is 0 Å². The van der Waals surface area contributed by atoms with Gasteiger partial charge in [-0.2, -0.15) is 0 Å². The molecule has 3 aliphatic rings. The topological polar surface area (TPSA) is 40.5 Å². The number of rotatable bonds is 4. The Hall–Kier alpha value is -1.28. The van der Waals surface area contributed by atoms with Crippen molar-refractivity contribution in [3.63, 3.8) is 0 Å². The fourth-order valence-corrected chi connectivity index (χ4v) is 7.74. The SMILES string of the molecule is CC(C)c1cc2c(cc1O)C1(C)CCCC(C)(C)C1CCC2CC1=CCC(O)(C(C)C)CC1. The Balaban J connectivity index is 1.75. The number of phenols is 1. The van der Waals surface area contributed by atoms with Crippen LogP contribution in [0.15, 0.2) is 23.8 Å². The smallest absolute Gasteiger partial charge is 0.119 e. The third-order valence-corrected chi connectivity index (χ3v) is 10.1. The Morgan fingerprint density at radius 2 is 1.73 bits per heavy atom. The van der Waals surface area contributed by atoms with Crippen molar-refractivity contribution in [2.45, 2.75) is 129 Å². The summed E-state index contributed by atoms with van der Waals surface area (Å²) in [6.07, 6.45) is 12.5. The van der Waals surface area contributed by atoms with Crippen LogP contribution in [-0.2, 0) is 5.41 Å². The van der Waals surface area contributed by atoms with Gasteiger partial charge in [-0.3, -0.25) is 0 Å². The lowest BCUT2D eigenvalue weighted by Gasteiger charge is -2.51. The molecule has 2 heteroatoms. The molecule has 184 valence electrons. The van der Waals surface area contributed by atoms with Gasteiger partial charge >= 0.3 is 0 Å². The third kappa shape index (κ3) is 4.42. The molecule has 0 amide bonds. The monoisotopic (exact) mass is 452 g/mol. The van der Waals surface area contributed by atoms with Crippen molar-refractivity contribution in [3.05, 3.63) is 40.5 Å². The number of fused-ring (bicyclic) bond motifs is 3. The first-order chi connectivity index (χ1) is 15.4. The van der Waals surface area contributed by atoms with Crippen LogP contribution >= 0.6 is 0 Å². The summed E-state index contributed by atoms with van der Waals surface area (Å²) in [6, 6.07) is 4.55. The number of benzene rings is 1. The zero-order valence-electron chi connectivity index (χ0n) is 22.3. The molecular weight excluding hydrogens is 404 g/mol. The van der Waals surface area contributed by atoms with Gasteiger partial charge in [0.25, 0.3) is 0 Å². The molecule has 0 aliphatic heterocycles. The van der Waals surface area contributed by atoms with Gasteiger partial charge in [-0.1, -0.05) is 72.6 Å². The van der Waals surface area contributed by atoms with Crippen LogP contribution in [0, 0.1) is 17.3 Å². The average molecular weight is 453 g/mol. The summed E-state index contributed by atoms with van der Waals surface area (Å²) in [5.74, 6) is 2.27. The van der Waals surface area contributed by atoms with E-state index in [1.807, 2.05) is 0 Å². The van der Waals surface area contributed by atoms with E-state index in [1.165, 1.54) is 48.8 Å². The molecular formula is C31H48O2. The molecule has 0 aromatic heterocycles. The van der Waals surface area contributed by atoms with Gasteiger partial charge in [0, 0.05) is 0 Å². The molecule has 1 fully saturated rings. The van der Waals surface area contributed by atoms with E-state index in [0.717, 1.165) is 31.2 Å². The van der Waals surface area contributed by atoms with Crippen molar-refractivity contribution in [2.24, 2.45) is 17.3 Å². The number of aliphatic hydroxyl groups is 1. The molecule has 4 unspecified atom stereocenters. The Morgan fingerprint density at radius 3 is 2.33 bits per heavy atom. The molecule has 33 heavy (non-hydrogen) atoms. The maximum atomic E-state index is 11.0. The van der Waals surface area contributed by atoms with E-state index in [9.17, 15) is 10.2 Å². The highest BCUT2D eigenvalue weighted by molar-refractivity contribution is 5.50. The van der Waals surface area contributed by atoms with Gasteiger partial charge < -0.3 is 10.2 Å². The van der Waals surface area contributed by atoms with Crippen molar-refractivity contribution >= 4 is 0 Å². The number of hydrogen-bond donors (Lipinski definition) is 2. The van der Waals surface area contributed by atoms with Crippen molar-refractivity contribution in [3.8, 4) is 5.75 Å². The van der Waals surface area contributed by atoms with Crippen LogP contribution < -0.4 is 0 Å². The standard InChI is InChI=1S/C31H48O2/c1-20(2)24-18-25-23(17-22-11-15-31(33,16-12-22)21(3)4)9-10-28-29(5,6)13-8-14-30(28,7)26(25)19-27(24)32/h11,18-21,23,28,32-33H,8-10,12-17H2,1-7H3. The average Bonchev–Trinajstić information content (AvgIpc) is 2.84. The summed E-state index contributed by atoms with van der Waals surface area (Å²) in [4.78, 5) is 0. The van der Waals surface area contributed by atoms with Crippen LogP contribution in [0.25, 0.3) is 0 Å². The normalized spacial score (nSPS) is 33.9. The molecule has 1 saturated carbocycles. The molecule has 0 saturated heterocycles. The first kappa shape index (κ1) is 24.8. The maximum Gasteiger partial charge on any atom is 0.119 e. The van der Waals surface area contributed by atoms with Crippen molar-refractivity contribution in [1.82, 2.24) is 0 Å². The zero-order chi connectivity index (χ0) is 24.2. The Labute approximate surface area is 202 Å². The van der Waals surface area contributed by atoms with Gasteiger partial charge in [0.1, 0.15) is 5.75 Å². The quantitative estimate of drug-likeness (QED) is 0.450. The Bertz CT molecular complexity index is 908. The summed E-state index contributed by atoms with van der Waals surface area (Å²) in [5.41, 5.74) is 5.51. The summed E-state index contributed by atoms with van der Waals surface area (Å²) < 4.78 is 0. The highest BCUT2D eigenvalue weighted by atomic mass is 16.3.